The second kappa shape index (κ2) is 10.9. The lowest BCUT2D eigenvalue weighted by molar-refractivity contribution is -0.137. The van der Waals surface area contributed by atoms with Crippen LogP contribution in [0.2, 0.25) is 0 Å². The summed E-state index contributed by atoms with van der Waals surface area (Å²) < 4.78 is 5.35. The first kappa shape index (κ1) is 23.4. The molecule has 2 aromatic carbocycles. The SMILES string of the molecule is Cc1ccc(C)c(NC(=O)[C@H](c2ccccc2)N2CCN(CC(=O)N3CCOCC3)CC2)c1. The Kier molecular flexibility index (Phi) is 7.75. The van der Waals surface area contributed by atoms with Crippen LogP contribution in [0.5, 0.6) is 0 Å². The van der Waals surface area contributed by atoms with Crippen molar-refractivity contribution in [3.05, 3.63) is 65.2 Å². The van der Waals surface area contributed by atoms with Crippen LogP contribution in [0, 0.1) is 13.8 Å². The van der Waals surface area contributed by atoms with Crippen molar-refractivity contribution in [1.82, 2.24) is 14.7 Å². The second-order valence-corrected chi connectivity index (χ2v) is 8.93. The summed E-state index contributed by atoms with van der Waals surface area (Å²) >= 11 is 0. The molecule has 1 N–H and O–H groups in total. The molecule has 33 heavy (non-hydrogen) atoms. The van der Waals surface area contributed by atoms with E-state index in [-0.39, 0.29) is 17.9 Å². The molecule has 7 nitrogen and oxygen atoms in total. The van der Waals surface area contributed by atoms with Gasteiger partial charge in [0.25, 0.3) is 0 Å². The predicted molar refractivity (Wildman–Crippen MR) is 129 cm³/mol. The molecule has 2 amide bonds. The van der Waals surface area contributed by atoms with Crippen molar-refractivity contribution in [2.75, 3.05) is 64.3 Å². The zero-order chi connectivity index (χ0) is 23.2. The largest absolute Gasteiger partial charge is 0.378 e. The summed E-state index contributed by atoms with van der Waals surface area (Å²) in [6, 6.07) is 15.7. The fourth-order valence-corrected chi connectivity index (χ4v) is 4.52. The van der Waals surface area contributed by atoms with Gasteiger partial charge in [0.15, 0.2) is 0 Å². The standard InChI is InChI=1S/C26H34N4O3/c1-20-8-9-21(2)23(18-20)27-26(32)25(22-6-4-3-5-7-22)30-12-10-28(11-13-30)19-24(31)29-14-16-33-17-15-29/h3-9,18,25H,10-17,19H2,1-2H3,(H,27,32)/t25-/m0/s1. The van der Waals surface area contributed by atoms with Crippen LogP contribution in [0.25, 0.3) is 0 Å². The van der Waals surface area contributed by atoms with Gasteiger partial charge in [-0.05, 0) is 36.6 Å². The third-order valence-electron chi connectivity index (χ3n) is 6.51. The maximum atomic E-state index is 13.5. The van der Waals surface area contributed by atoms with E-state index in [1.807, 2.05) is 61.2 Å². The van der Waals surface area contributed by atoms with E-state index >= 15 is 0 Å². The molecule has 0 aromatic heterocycles. The van der Waals surface area contributed by atoms with E-state index in [1.165, 1.54) is 0 Å². The number of nitrogens with zero attached hydrogens (tertiary/aromatic N) is 3. The van der Waals surface area contributed by atoms with Gasteiger partial charge in [0.05, 0.1) is 19.8 Å². The highest BCUT2D eigenvalue weighted by atomic mass is 16.5. The van der Waals surface area contributed by atoms with Gasteiger partial charge in [-0.15, -0.1) is 0 Å². The average Bonchev–Trinajstić information content (AvgIpc) is 2.84. The van der Waals surface area contributed by atoms with E-state index in [0.29, 0.717) is 32.8 Å². The Balaban J connectivity index is 1.42. The van der Waals surface area contributed by atoms with Crippen LogP contribution in [0.4, 0.5) is 5.69 Å². The summed E-state index contributed by atoms with van der Waals surface area (Å²) in [5.74, 6) is 0.145. The summed E-state index contributed by atoms with van der Waals surface area (Å²) in [6.07, 6.45) is 0. The number of carbonyl (C=O) groups is 2. The first-order chi connectivity index (χ1) is 16.0. The monoisotopic (exact) mass is 450 g/mol. The second-order valence-electron chi connectivity index (χ2n) is 8.93. The number of amides is 2. The molecular weight excluding hydrogens is 416 g/mol. The number of anilines is 1. The van der Waals surface area contributed by atoms with Crippen molar-refractivity contribution in [3.8, 4) is 0 Å². The van der Waals surface area contributed by atoms with Crippen LogP contribution in [-0.2, 0) is 14.3 Å². The van der Waals surface area contributed by atoms with Gasteiger partial charge in [0.2, 0.25) is 11.8 Å². The first-order valence-electron chi connectivity index (χ1n) is 11.8. The van der Waals surface area contributed by atoms with E-state index < -0.39 is 0 Å². The Morgan fingerprint density at radius 1 is 0.939 bits per heavy atom. The van der Waals surface area contributed by atoms with Crippen molar-refractivity contribution >= 4 is 17.5 Å². The van der Waals surface area contributed by atoms with E-state index in [9.17, 15) is 9.59 Å². The maximum absolute atomic E-state index is 13.5. The average molecular weight is 451 g/mol. The first-order valence-corrected chi connectivity index (χ1v) is 11.8. The zero-order valence-corrected chi connectivity index (χ0v) is 19.6. The minimum absolute atomic E-state index is 0.0206. The van der Waals surface area contributed by atoms with Gasteiger partial charge in [-0.3, -0.25) is 19.4 Å². The number of hydrogen-bond donors (Lipinski definition) is 1. The van der Waals surface area contributed by atoms with Crippen molar-refractivity contribution in [2.45, 2.75) is 19.9 Å². The predicted octanol–water partition coefficient (Wildman–Crippen LogP) is 2.46. The molecule has 2 saturated heterocycles. The minimum atomic E-state index is -0.372. The smallest absolute Gasteiger partial charge is 0.246 e. The van der Waals surface area contributed by atoms with Gasteiger partial charge < -0.3 is 15.0 Å². The van der Waals surface area contributed by atoms with Crippen LogP contribution < -0.4 is 5.32 Å². The van der Waals surface area contributed by atoms with Crippen LogP contribution in [0.1, 0.15) is 22.7 Å². The molecule has 2 aromatic rings. The van der Waals surface area contributed by atoms with Crippen molar-refractivity contribution < 1.29 is 14.3 Å². The van der Waals surface area contributed by atoms with Crippen molar-refractivity contribution in [2.24, 2.45) is 0 Å². The topological polar surface area (TPSA) is 65.1 Å². The third-order valence-corrected chi connectivity index (χ3v) is 6.51. The Bertz CT molecular complexity index is 951. The Morgan fingerprint density at radius 3 is 2.33 bits per heavy atom. The van der Waals surface area contributed by atoms with Crippen LogP contribution >= 0.6 is 0 Å². The fourth-order valence-electron chi connectivity index (χ4n) is 4.52. The number of aryl methyl sites for hydroxylation is 2. The zero-order valence-electron chi connectivity index (χ0n) is 19.6. The quantitative estimate of drug-likeness (QED) is 0.733. The highest BCUT2D eigenvalue weighted by molar-refractivity contribution is 5.96. The summed E-state index contributed by atoms with van der Waals surface area (Å²) in [4.78, 5) is 32.4. The molecule has 2 heterocycles. The molecule has 1 atom stereocenters. The molecule has 4 rings (SSSR count). The number of benzene rings is 2. The van der Waals surface area contributed by atoms with Gasteiger partial charge >= 0.3 is 0 Å². The molecule has 7 heteroatoms. The molecule has 2 fully saturated rings. The minimum Gasteiger partial charge on any atom is -0.378 e. The maximum Gasteiger partial charge on any atom is 0.246 e. The molecule has 0 aliphatic carbocycles. The molecule has 2 aliphatic rings. The molecule has 0 saturated carbocycles. The molecular formula is C26H34N4O3. The van der Waals surface area contributed by atoms with E-state index in [4.69, 9.17) is 4.74 Å². The van der Waals surface area contributed by atoms with Gasteiger partial charge in [-0.25, -0.2) is 0 Å². The highest BCUT2D eigenvalue weighted by Crippen LogP contribution is 2.26. The lowest BCUT2D eigenvalue weighted by Crippen LogP contribution is -2.53. The van der Waals surface area contributed by atoms with Crippen LogP contribution in [0.3, 0.4) is 0 Å². The Morgan fingerprint density at radius 2 is 1.64 bits per heavy atom. The van der Waals surface area contributed by atoms with Gasteiger partial charge in [0.1, 0.15) is 6.04 Å². The molecule has 2 aliphatic heterocycles. The summed E-state index contributed by atoms with van der Waals surface area (Å²) in [7, 11) is 0. The van der Waals surface area contributed by atoms with Crippen LogP contribution in [-0.4, -0.2) is 85.5 Å². The van der Waals surface area contributed by atoms with E-state index in [2.05, 4.69) is 21.2 Å². The molecule has 0 bridgehead atoms. The van der Waals surface area contributed by atoms with E-state index in [1.54, 1.807) is 0 Å². The fraction of sp³-hybridized carbons (Fsp3) is 0.462. The highest BCUT2D eigenvalue weighted by Gasteiger charge is 2.31. The normalized spacial score (nSPS) is 18.7. The Labute approximate surface area is 196 Å². The molecule has 0 unspecified atom stereocenters. The summed E-state index contributed by atoms with van der Waals surface area (Å²) in [6.45, 7) is 10.0. The number of nitrogens with one attached hydrogen (secondary N) is 1. The van der Waals surface area contributed by atoms with Crippen molar-refractivity contribution in [1.29, 1.82) is 0 Å². The number of piperazine rings is 1. The Hall–Kier alpha value is -2.74. The van der Waals surface area contributed by atoms with Gasteiger partial charge in [-0.2, -0.15) is 0 Å². The number of hydrogen-bond acceptors (Lipinski definition) is 5. The third kappa shape index (κ3) is 5.99. The van der Waals surface area contributed by atoms with Crippen molar-refractivity contribution in [3.63, 3.8) is 0 Å². The van der Waals surface area contributed by atoms with E-state index in [0.717, 1.165) is 48.6 Å². The molecule has 176 valence electrons. The molecule has 0 spiro atoms. The summed E-state index contributed by atoms with van der Waals surface area (Å²) in [5, 5.41) is 3.17. The summed E-state index contributed by atoms with van der Waals surface area (Å²) in [5.41, 5.74) is 4.01. The van der Waals surface area contributed by atoms with Gasteiger partial charge in [-0.1, -0.05) is 42.5 Å². The number of rotatable bonds is 6. The lowest BCUT2D eigenvalue weighted by atomic mass is 10.0. The molecule has 0 radical (unpaired) electrons. The number of morpholine rings is 1. The van der Waals surface area contributed by atoms with Crippen LogP contribution in [0.15, 0.2) is 48.5 Å². The van der Waals surface area contributed by atoms with Gasteiger partial charge in [0, 0.05) is 45.0 Å². The number of carbonyl (C=O) groups excluding carboxylic acids is 2. The number of ether oxygens (including phenoxy) is 1. The lowest BCUT2D eigenvalue weighted by Gasteiger charge is -2.39.